The van der Waals surface area contributed by atoms with Crippen molar-refractivity contribution in [2.75, 3.05) is 10.2 Å². The van der Waals surface area contributed by atoms with Crippen LogP contribution in [0.1, 0.15) is 20.8 Å². The number of benzene rings is 1. The molecule has 1 aromatic heterocycles. The highest BCUT2D eigenvalue weighted by Crippen LogP contribution is 2.37. The number of hydrogen-bond donors (Lipinski definition) is 1. The molecule has 1 aromatic carbocycles. The lowest BCUT2D eigenvalue weighted by Gasteiger charge is -2.42. The van der Waals surface area contributed by atoms with E-state index in [9.17, 15) is 19.7 Å². The fraction of sp³-hybridized carbons (Fsp3) is 0.278. The van der Waals surface area contributed by atoms with Gasteiger partial charge in [0.25, 0.3) is 5.91 Å². The molecule has 3 rings (SSSR count). The number of carbonyl (C=O) groups is 2. The summed E-state index contributed by atoms with van der Waals surface area (Å²) >= 11 is 0. The first-order valence-electron chi connectivity index (χ1n) is 8.24. The zero-order chi connectivity index (χ0) is 19.8. The van der Waals surface area contributed by atoms with Gasteiger partial charge in [0.2, 0.25) is 11.7 Å². The Morgan fingerprint density at radius 3 is 2.70 bits per heavy atom. The van der Waals surface area contributed by atoms with Gasteiger partial charge in [-0.1, -0.05) is 12.1 Å². The molecule has 1 atom stereocenters. The topological polar surface area (TPSA) is 115 Å². The molecule has 0 aliphatic carbocycles. The van der Waals surface area contributed by atoms with Gasteiger partial charge in [-0.15, -0.1) is 0 Å². The molecule has 0 unspecified atom stereocenters. The molecular formula is C18H18N4O5. The van der Waals surface area contributed by atoms with Crippen molar-refractivity contribution in [3.63, 3.8) is 0 Å². The molecule has 9 heteroatoms. The SMILES string of the molecule is C[C@@H](Oc1cccnc1[N+](=O)[O-])C(=O)N1c2ccccc2NC(=O)C1(C)C. The predicted molar refractivity (Wildman–Crippen MR) is 97.6 cm³/mol. The van der Waals surface area contributed by atoms with Crippen LogP contribution in [0.25, 0.3) is 0 Å². The molecule has 0 radical (unpaired) electrons. The molecule has 0 fully saturated rings. The zero-order valence-corrected chi connectivity index (χ0v) is 15.0. The smallest absolute Gasteiger partial charge is 0.406 e. The van der Waals surface area contributed by atoms with E-state index in [-0.39, 0.29) is 11.7 Å². The highest BCUT2D eigenvalue weighted by molar-refractivity contribution is 6.14. The van der Waals surface area contributed by atoms with Gasteiger partial charge in [0, 0.05) is 0 Å². The molecule has 0 bridgehead atoms. The maximum absolute atomic E-state index is 13.1. The number of aromatic nitrogens is 1. The molecule has 27 heavy (non-hydrogen) atoms. The Bertz CT molecular complexity index is 927. The van der Waals surface area contributed by atoms with Gasteiger partial charge in [0.15, 0.2) is 6.10 Å². The lowest BCUT2D eigenvalue weighted by Crippen LogP contribution is -2.60. The monoisotopic (exact) mass is 370 g/mol. The first-order valence-corrected chi connectivity index (χ1v) is 8.24. The van der Waals surface area contributed by atoms with E-state index in [0.717, 1.165) is 0 Å². The van der Waals surface area contributed by atoms with E-state index in [1.165, 1.54) is 30.2 Å². The molecule has 1 N–H and O–H groups in total. The Morgan fingerprint density at radius 2 is 2.00 bits per heavy atom. The Morgan fingerprint density at radius 1 is 1.30 bits per heavy atom. The summed E-state index contributed by atoms with van der Waals surface area (Å²) in [7, 11) is 0. The minimum atomic E-state index is -1.16. The second-order valence-corrected chi connectivity index (χ2v) is 6.55. The number of hydrogen-bond acceptors (Lipinski definition) is 6. The number of fused-ring (bicyclic) bond motifs is 1. The number of para-hydroxylation sites is 2. The second kappa shape index (κ2) is 6.67. The molecule has 0 spiro atoms. The fourth-order valence-electron chi connectivity index (χ4n) is 2.88. The van der Waals surface area contributed by atoms with Crippen molar-refractivity contribution in [2.24, 2.45) is 0 Å². The number of rotatable bonds is 4. The van der Waals surface area contributed by atoms with Crippen LogP contribution in [0.3, 0.4) is 0 Å². The minimum Gasteiger partial charge on any atom is -0.473 e. The number of nitrogens with one attached hydrogen (secondary N) is 1. The summed E-state index contributed by atoms with van der Waals surface area (Å²) in [5.41, 5.74) is -0.123. The summed E-state index contributed by atoms with van der Waals surface area (Å²) < 4.78 is 5.54. The predicted octanol–water partition coefficient (Wildman–Crippen LogP) is 2.52. The largest absolute Gasteiger partial charge is 0.473 e. The van der Waals surface area contributed by atoms with Crippen LogP contribution in [0.5, 0.6) is 5.75 Å². The minimum absolute atomic E-state index is 0.115. The average molecular weight is 370 g/mol. The van der Waals surface area contributed by atoms with E-state index in [4.69, 9.17) is 4.74 Å². The quantitative estimate of drug-likeness (QED) is 0.653. The average Bonchev–Trinajstić information content (AvgIpc) is 2.62. The first kappa shape index (κ1) is 18.3. The van der Waals surface area contributed by atoms with Crippen LogP contribution >= 0.6 is 0 Å². The van der Waals surface area contributed by atoms with Gasteiger partial charge in [0.1, 0.15) is 11.7 Å². The maximum atomic E-state index is 13.1. The van der Waals surface area contributed by atoms with Crippen LogP contribution in [-0.2, 0) is 9.59 Å². The normalized spacial score (nSPS) is 16.1. The number of pyridine rings is 1. The van der Waals surface area contributed by atoms with Gasteiger partial charge in [0.05, 0.1) is 11.4 Å². The molecule has 0 saturated heterocycles. The summed E-state index contributed by atoms with van der Waals surface area (Å²) in [6.07, 6.45) is 0.192. The molecule has 140 valence electrons. The molecule has 1 aliphatic rings. The van der Waals surface area contributed by atoms with Crippen LogP contribution in [0.2, 0.25) is 0 Å². The number of ether oxygens (including phenoxy) is 1. The van der Waals surface area contributed by atoms with E-state index < -0.39 is 28.3 Å². The summed E-state index contributed by atoms with van der Waals surface area (Å²) in [6, 6.07) is 9.76. The van der Waals surface area contributed by atoms with Crippen molar-refractivity contribution in [3.05, 3.63) is 52.7 Å². The van der Waals surface area contributed by atoms with E-state index in [1.807, 2.05) is 0 Å². The molecule has 2 amide bonds. The first-order chi connectivity index (χ1) is 12.7. The zero-order valence-electron chi connectivity index (χ0n) is 15.0. The van der Waals surface area contributed by atoms with Crippen LogP contribution in [0.4, 0.5) is 17.2 Å². The number of anilines is 2. The van der Waals surface area contributed by atoms with Crippen LogP contribution < -0.4 is 15.0 Å². The van der Waals surface area contributed by atoms with E-state index in [0.29, 0.717) is 11.4 Å². The van der Waals surface area contributed by atoms with Crippen molar-refractivity contribution >= 4 is 29.0 Å². The molecule has 1 aliphatic heterocycles. The third-order valence-electron chi connectivity index (χ3n) is 4.30. The van der Waals surface area contributed by atoms with Gasteiger partial charge in [-0.3, -0.25) is 14.5 Å². The highest BCUT2D eigenvalue weighted by Gasteiger charge is 2.45. The van der Waals surface area contributed by atoms with Crippen LogP contribution in [0, 0.1) is 10.1 Å². The Labute approximate surface area is 155 Å². The molecular weight excluding hydrogens is 352 g/mol. The number of nitrogens with zero attached hydrogens (tertiary/aromatic N) is 3. The van der Waals surface area contributed by atoms with Crippen molar-refractivity contribution in [2.45, 2.75) is 32.4 Å². The molecule has 2 heterocycles. The third kappa shape index (κ3) is 3.19. The van der Waals surface area contributed by atoms with Crippen molar-refractivity contribution in [1.82, 2.24) is 4.98 Å². The summed E-state index contributed by atoms with van der Waals surface area (Å²) in [6.45, 7) is 4.72. The van der Waals surface area contributed by atoms with E-state index >= 15 is 0 Å². The van der Waals surface area contributed by atoms with E-state index in [2.05, 4.69) is 10.3 Å². The van der Waals surface area contributed by atoms with Gasteiger partial charge < -0.3 is 20.2 Å². The Balaban J connectivity index is 1.95. The number of nitro groups is 1. The van der Waals surface area contributed by atoms with Crippen molar-refractivity contribution in [3.8, 4) is 5.75 Å². The van der Waals surface area contributed by atoms with Gasteiger partial charge in [-0.2, -0.15) is 0 Å². The summed E-state index contributed by atoms with van der Waals surface area (Å²) in [5, 5.41) is 13.9. The highest BCUT2D eigenvalue weighted by atomic mass is 16.6. The second-order valence-electron chi connectivity index (χ2n) is 6.55. The number of amides is 2. The Kier molecular flexibility index (Phi) is 4.52. The third-order valence-corrected chi connectivity index (χ3v) is 4.30. The van der Waals surface area contributed by atoms with Crippen LogP contribution in [-0.4, -0.2) is 33.4 Å². The summed E-state index contributed by atoms with van der Waals surface area (Å²) in [5.74, 6) is -1.43. The fourth-order valence-corrected chi connectivity index (χ4v) is 2.88. The van der Waals surface area contributed by atoms with Crippen molar-refractivity contribution in [1.29, 1.82) is 0 Å². The molecule has 2 aromatic rings. The van der Waals surface area contributed by atoms with Crippen molar-refractivity contribution < 1.29 is 19.2 Å². The molecule has 0 saturated carbocycles. The standard InChI is InChI=1S/C18H18N4O5/c1-11(27-14-9-6-10-19-15(14)22(25)26)16(23)21-13-8-5-4-7-12(13)20-17(24)18(21,2)3/h4-11H,1-3H3,(H,20,24)/t11-/m1/s1. The molecule has 9 nitrogen and oxygen atoms in total. The Hall–Kier alpha value is -3.49. The lowest BCUT2D eigenvalue weighted by atomic mass is 9.95. The maximum Gasteiger partial charge on any atom is 0.406 e. The van der Waals surface area contributed by atoms with Crippen LogP contribution in [0.15, 0.2) is 42.6 Å². The number of carbonyl (C=O) groups excluding carboxylic acids is 2. The van der Waals surface area contributed by atoms with Gasteiger partial charge in [-0.05, 0) is 54.9 Å². The summed E-state index contributed by atoms with van der Waals surface area (Å²) in [4.78, 5) is 41.1. The van der Waals surface area contributed by atoms with Gasteiger partial charge in [-0.25, -0.2) is 0 Å². The lowest BCUT2D eigenvalue weighted by molar-refractivity contribution is -0.390. The van der Waals surface area contributed by atoms with Gasteiger partial charge >= 0.3 is 5.82 Å². The van der Waals surface area contributed by atoms with E-state index in [1.54, 1.807) is 38.1 Å².